The molecule has 1 aliphatic rings. The van der Waals surface area contributed by atoms with Gasteiger partial charge in [-0.25, -0.2) is 0 Å². The van der Waals surface area contributed by atoms with Crippen LogP contribution < -0.4 is 10.6 Å². The van der Waals surface area contributed by atoms with Crippen molar-refractivity contribution in [2.45, 2.75) is 63.2 Å². The molecule has 10 heteroatoms. The summed E-state index contributed by atoms with van der Waals surface area (Å²) in [5, 5.41) is 16.1. The minimum absolute atomic E-state index is 0.0116. The van der Waals surface area contributed by atoms with Gasteiger partial charge in [-0.1, -0.05) is 68.1 Å². The number of rotatable bonds is 8. The van der Waals surface area contributed by atoms with Crippen LogP contribution in [0.5, 0.6) is 0 Å². The van der Waals surface area contributed by atoms with Gasteiger partial charge in [-0.3, -0.25) is 9.59 Å². The number of thioether (sulfide) groups is 1. The van der Waals surface area contributed by atoms with Crippen molar-refractivity contribution in [1.29, 1.82) is 0 Å². The molecular formula is C22H29Cl2N5O2S. The molecular weight excluding hydrogens is 469 g/mol. The third-order valence-corrected chi connectivity index (χ3v) is 7.15. The normalized spacial score (nSPS) is 15.6. The third-order valence-electron chi connectivity index (χ3n) is 5.58. The molecule has 174 valence electrons. The van der Waals surface area contributed by atoms with E-state index in [1.807, 2.05) is 25.5 Å². The van der Waals surface area contributed by atoms with Crippen molar-refractivity contribution < 1.29 is 9.59 Å². The van der Waals surface area contributed by atoms with Crippen molar-refractivity contribution in [2.24, 2.45) is 13.0 Å². The fraction of sp³-hybridized carbons (Fsp3) is 0.545. The maximum Gasteiger partial charge on any atom is 0.253 e. The van der Waals surface area contributed by atoms with Crippen LogP contribution in [0.2, 0.25) is 10.0 Å². The molecule has 0 spiro atoms. The Kier molecular flexibility index (Phi) is 8.85. The molecule has 2 aromatic rings. The molecule has 2 amide bonds. The van der Waals surface area contributed by atoms with Gasteiger partial charge in [0.2, 0.25) is 5.91 Å². The number of hydrogen-bond acceptors (Lipinski definition) is 5. The minimum atomic E-state index is -0.378. The van der Waals surface area contributed by atoms with E-state index in [1.54, 1.807) is 12.1 Å². The predicted molar refractivity (Wildman–Crippen MR) is 128 cm³/mol. The van der Waals surface area contributed by atoms with E-state index >= 15 is 0 Å². The molecule has 1 atom stereocenters. The molecule has 1 fully saturated rings. The molecule has 3 rings (SSSR count). The van der Waals surface area contributed by atoms with Crippen LogP contribution >= 0.6 is 35.0 Å². The van der Waals surface area contributed by atoms with Crippen molar-refractivity contribution in [3.05, 3.63) is 39.6 Å². The number of nitrogens with zero attached hydrogens (tertiary/aromatic N) is 3. The number of carbonyl (C=O) groups excluding carboxylic acids is 2. The van der Waals surface area contributed by atoms with Crippen molar-refractivity contribution >= 4 is 46.8 Å². The Bertz CT molecular complexity index is 960. The van der Waals surface area contributed by atoms with Crippen LogP contribution in [-0.4, -0.2) is 38.4 Å². The van der Waals surface area contributed by atoms with Crippen LogP contribution in [0, 0.1) is 5.92 Å². The van der Waals surface area contributed by atoms with Crippen molar-refractivity contribution in [3.8, 4) is 0 Å². The zero-order valence-electron chi connectivity index (χ0n) is 18.5. The van der Waals surface area contributed by atoms with E-state index in [0.717, 1.165) is 12.8 Å². The lowest BCUT2D eigenvalue weighted by Crippen LogP contribution is -2.37. The van der Waals surface area contributed by atoms with Gasteiger partial charge >= 0.3 is 0 Å². The molecule has 1 heterocycles. The maximum absolute atomic E-state index is 12.8. The highest BCUT2D eigenvalue weighted by Gasteiger charge is 2.26. The molecule has 32 heavy (non-hydrogen) atoms. The van der Waals surface area contributed by atoms with Gasteiger partial charge in [-0.2, -0.15) is 0 Å². The number of halogens is 2. The first kappa shape index (κ1) is 24.9. The summed E-state index contributed by atoms with van der Waals surface area (Å²) in [5.41, 5.74) is 0.345. The summed E-state index contributed by atoms with van der Waals surface area (Å²) in [6, 6.07) is 4.67. The van der Waals surface area contributed by atoms with Gasteiger partial charge in [0.05, 0.1) is 22.4 Å². The van der Waals surface area contributed by atoms with E-state index in [9.17, 15) is 9.59 Å². The van der Waals surface area contributed by atoms with Gasteiger partial charge in [0.1, 0.15) is 0 Å². The Morgan fingerprint density at radius 1 is 1.19 bits per heavy atom. The summed E-state index contributed by atoms with van der Waals surface area (Å²) >= 11 is 13.5. The van der Waals surface area contributed by atoms with Gasteiger partial charge in [0, 0.05) is 18.1 Å². The van der Waals surface area contributed by atoms with Gasteiger partial charge in [-0.05, 0) is 37.0 Å². The topological polar surface area (TPSA) is 88.9 Å². The molecule has 0 radical (unpaired) electrons. The van der Waals surface area contributed by atoms with Gasteiger partial charge in [0.25, 0.3) is 5.91 Å². The van der Waals surface area contributed by atoms with E-state index in [2.05, 4.69) is 20.8 Å². The molecule has 1 unspecified atom stereocenters. The molecule has 1 saturated carbocycles. The van der Waals surface area contributed by atoms with E-state index in [-0.39, 0.29) is 40.6 Å². The lowest BCUT2D eigenvalue weighted by atomic mass is 9.95. The standard InChI is InChI=1S/C22H29Cl2N5O2S/c1-13(2)19(26-21(31)16-10-9-14(23)11-17(16)24)20-27-28-22(29(20)3)32-12-18(30)25-15-7-5-4-6-8-15/h9-11,13,15,19H,4-8,12H2,1-3H3,(H,25,30)(H,26,31). The van der Waals surface area contributed by atoms with Crippen LogP contribution in [-0.2, 0) is 11.8 Å². The minimum Gasteiger partial charge on any atom is -0.353 e. The lowest BCUT2D eigenvalue weighted by Gasteiger charge is -2.23. The van der Waals surface area contributed by atoms with E-state index in [4.69, 9.17) is 23.2 Å². The van der Waals surface area contributed by atoms with E-state index in [0.29, 0.717) is 21.6 Å². The first-order chi connectivity index (χ1) is 15.3. The Balaban J connectivity index is 1.65. The van der Waals surface area contributed by atoms with Crippen molar-refractivity contribution in [3.63, 3.8) is 0 Å². The summed E-state index contributed by atoms with van der Waals surface area (Å²) < 4.78 is 1.83. The maximum atomic E-state index is 12.8. The summed E-state index contributed by atoms with van der Waals surface area (Å²) in [4.78, 5) is 25.2. The number of carbonyl (C=O) groups is 2. The molecule has 1 aromatic heterocycles. The highest BCUT2D eigenvalue weighted by Crippen LogP contribution is 2.26. The predicted octanol–water partition coefficient (Wildman–Crippen LogP) is 4.79. The van der Waals surface area contributed by atoms with Crippen molar-refractivity contribution in [2.75, 3.05) is 5.75 Å². The summed E-state index contributed by atoms with van der Waals surface area (Å²) in [7, 11) is 1.84. The van der Waals surface area contributed by atoms with E-state index < -0.39 is 0 Å². The van der Waals surface area contributed by atoms with Crippen LogP contribution in [0.3, 0.4) is 0 Å². The molecule has 0 saturated heterocycles. The van der Waals surface area contributed by atoms with Gasteiger partial charge in [0.15, 0.2) is 11.0 Å². The van der Waals surface area contributed by atoms with Crippen LogP contribution in [0.4, 0.5) is 0 Å². The average molecular weight is 498 g/mol. The first-order valence-electron chi connectivity index (χ1n) is 10.8. The smallest absolute Gasteiger partial charge is 0.253 e. The molecule has 1 aromatic carbocycles. The summed E-state index contributed by atoms with van der Waals surface area (Å²) in [6.07, 6.45) is 5.71. The SMILES string of the molecule is CC(C)C(NC(=O)c1ccc(Cl)cc1Cl)c1nnc(SCC(=O)NC2CCCCC2)n1C. The lowest BCUT2D eigenvalue weighted by molar-refractivity contribution is -0.119. The number of benzene rings is 1. The molecule has 2 N–H and O–H groups in total. The number of aromatic nitrogens is 3. The number of hydrogen-bond donors (Lipinski definition) is 2. The van der Waals surface area contributed by atoms with Gasteiger partial charge < -0.3 is 15.2 Å². The fourth-order valence-corrected chi connectivity index (χ4v) is 5.01. The van der Waals surface area contributed by atoms with Crippen LogP contribution in [0.1, 0.15) is 68.2 Å². The van der Waals surface area contributed by atoms with Gasteiger partial charge in [-0.15, -0.1) is 10.2 Å². The quantitative estimate of drug-likeness (QED) is 0.511. The zero-order chi connectivity index (χ0) is 23.3. The van der Waals surface area contributed by atoms with Crippen LogP contribution in [0.15, 0.2) is 23.4 Å². The Hall–Kier alpha value is -1.77. The number of nitrogens with one attached hydrogen (secondary N) is 2. The molecule has 7 nitrogen and oxygen atoms in total. The largest absolute Gasteiger partial charge is 0.353 e. The molecule has 1 aliphatic carbocycles. The van der Waals surface area contributed by atoms with Crippen molar-refractivity contribution in [1.82, 2.24) is 25.4 Å². The monoisotopic (exact) mass is 497 g/mol. The Labute approximate surface area is 203 Å². The second-order valence-electron chi connectivity index (χ2n) is 8.41. The molecule has 0 bridgehead atoms. The highest BCUT2D eigenvalue weighted by atomic mass is 35.5. The average Bonchev–Trinajstić information content (AvgIpc) is 3.11. The Morgan fingerprint density at radius 3 is 2.56 bits per heavy atom. The second-order valence-corrected chi connectivity index (χ2v) is 10.2. The van der Waals surface area contributed by atoms with Crippen LogP contribution in [0.25, 0.3) is 0 Å². The Morgan fingerprint density at radius 2 is 1.91 bits per heavy atom. The zero-order valence-corrected chi connectivity index (χ0v) is 20.9. The second kappa shape index (κ2) is 11.4. The van der Waals surface area contributed by atoms with E-state index in [1.165, 1.54) is 37.1 Å². The number of amides is 2. The summed E-state index contributed by atoms with van der Waals surface area (Å²) in [5.74, 6) is 0.655. The first-order valence-corrected chi connectivity index (χ1v) is 12.6. The highest BCUT2D eigenvalue weighted by molar-refractivity contribution is 7.99. The summed E-state index contributed by atoms with van der Waals surface area (Å²) in [6.45, 7) is 3.99. The third kappa shape index (κ3) is 6.39. The molecule has 0 aliphatic heterocycles. The fourth-order valence-electron chi connectivity index (χ4n) is 3.79.